The first-order chi connectivity index (χ1) is 9.47. The van der Waals surface area contributed by atoms with Gasteiger partial charge in [0, 0.05) is 23.0 Å². The summed E-state index contributed by atoms with van der Waals surface area (Å²) in [6, 6.07) is 2.95. The van der Waals surface area contributed by atoms with Crippen molar-refractivity contribution in [3.05, 3.63) is 21.9 Å². The summed E-state index contributed by atoms with van der Waals surface area (Å²) in [7, 11) is 0. The van der Waals surface area contributed by atoms with Crippen molar-refractivity contribution in [3.8, 4) is 0 Å². The molecule has 1 unspecified atom stereocenters. The minimum absolute atomic E-state index is 0.261. The lowest BCUT2D eigenvalue weighted by molar-refractivity contribution is 0.196. The van der Waals surface area contributed by atoms with Crippen molar-refractivity contribution >= 4 is 11.3 Å². The van der Waals surface area contributed by atoms with Gasteiger partial charge in [-0.15, -0.1) is 11.3 Å². The molecule has 1 aromatic rings. The summed E-state index contributed by atoms with van der Waals surface area (Å²) in [4.78, 5) is 4.27. The average Bonchev–Trinajstić information content (AvgIpc) is 2.83. The van der Waals surface area contributed by atoms with E-state index in [1.807, 2.05) is 11.3 Å². The molecule has 0 bridgehead atoms. The molecule has 3 heteroatoms. The minimum Gasteiger partial charge on any atom is -0.312 e. The molecule has 1 atom stereocenters. The van der Waals surface area contributed by atoms with Gasteiger partial charge in [0.05, 0.1) is 0 Å². The first kappa shape index (κ1) is 16.0. The standard InChI is InChI=1S/C17H30N2S/c1-14-15-9-13-20-16(15)8-12-19(14)11-7-5-6-10-18-17(2,3)4/h9,13-14,18H,5-8,10-12H2,1-4H3. The maximum Gasteiger partial charge on any atom is 0.0331 e. The van der Waals surface area contributed by atoms with Gasteiger partial charge in [-0.1, -0.05) is 6.42 Å². The van der Waals surface area contributed by atoms with E-state index in [4.69, 9.17) is 0 Å². The molecule has 0 radical (unpaired) electrons. The zero-order valence-corrected chi connectivity index (χ0v) is 14.4. The van der Waals surface area contributed by atoms with Crippen molar-refractivity contribution in [1.29, 1.82) is 0 Å². The van der Waals surface area contributed by atoms with E-state index in [-0.39, 0.29) is 5.54 Å². The van der Waals surface area contributed by atoms with Gasteiger partial charge in [-0.3, -0.25) is 4.90 Å². The molecule has 0 amide bonds. The van der Waals surface area contributed by atoms with Crippen LogP contribution in [0.25, 0.3) is 0 Å². The monoisotopic (exact) mass is 294 g/mol. The van der Waals surface area contributed by atoms with Crippen molar-refractivity contribution < 1.29 is 0 Å². The number of unbranched alkanes of at least 4 members (excludes halogenated alkanes) is 2. The van der Waals surface area contributed by atoms with Gasteiger partial charge in [-0.05, 0) is 77.1 Å². The minimum atomic E-state index is 0.261. The molecule has 114 valence electrons. The Hall–Kier alpha value is -0.380. The molecule has 0 fully saturated rings. The van der Waals surface area contributed by atoms with E-state index in [2.05, 4.69) is 49.4 Å². The summed E-state index contributed by atoms with van der Waals surface area (Å²) >= 11 is 1.93. The van der Waals surface area contributed by atoms with Gasteiger partial charge in [-0.2, -0.15) is 0 Å². The topological polar surface area (TPSA) is 15.3 Å². The first-order valence-corrected chi connectivity index (χ1v) is 8.91. The van der Waals surface area contributed by atoms with Crippen LogP contribution in [0.4, 0.5) is 0 Å². The predicted octanol–water partition coefficient (Wildman–Crippen LogP) is 4.23. The van der Waals surface area contributed by atoms with Crippen LogP contribution in [0.3, 0.4) is 0 Å². The Bertz CT molecular complexity index is 405. The van der Waals surface area contributed by atoms with Gasteiger partial charge < -0.3 is 5.32 Å². The third kappa shape index (κ3) is 4.57. The molecule has 0 aromatic carbocycles. The third-order valence-corrected chi connectivity index (χ3v) is 5.18. The smallest absolute Gasteiger partial charge is 0.0331 e. The van der Waals surface area contributed by atoms with Crippen LogP contribution in [0.15, 0.2) is 11.4 Å². The second-order valence-corrected chi connectivity index (χ2v) is 8.00. The van der Waals surface area contributed by atoms with E-state index in [9.17, 15) is 0 Å². The molecule has 0 spiro atoms. The zero-order valence-electron chi connectivity index (χ0n) is 13.5. The van der Waals surface area contributed by atoms with Crippen LogP contribution in [0.5, 0.6) is 0 Å². The number of nitrogens with one attached hydrogen (secondary N) is 1. The van der Waals surface area contributed by atoms with Gasteiger partial charge in [0.15, 0.2) is 0 Å². The molecular formula is C17H30N2S. The highest BCUT2D eigenvalue weighted by atomic mass is 32.1. The molecule has 1 N–H and O–H groups in total. The van der Waals surface area contributed by atoms with Gasteiger partial charge in [0.25, 0.3) is 0 Å². The third-order valence-electron chi connectivity index (χ3n) is 4.18. The summed E-state index contributed by atoms with van der Waals surface area (Å²) < 4.78 is 0. The Morgan fingerprint density at radius 2 is 2.10 bits per heavy atom. The Labute approximate surface area is 128 Å². The van der Waals surface area contributed by atoms with Crippen LogP contribution >= 0.6 is 11.3 Å². The quantitative estimate of drug-likeness (QED) is 0.790. The second kappa shape index (κ2) is 7.06. The van der Waals surface area contributed by atoms with Gasteiger partial charge >= 0.3 is 0 Å². The van der Waals surface area contributed by atoms with E-state index < -0.39 is 0 Å². The van der Waals surface area contributed by atoms with E-state index in [1.54, 1.807) is 10.4 Å². The Kier molecular flexibility index (Phi) is 5.65. The summed E-state index contributed by atoms with van der Waals surface area (Å²) in [6.45, 7) is 12.7. The van der Waals surface area contributed by atoms with Crippen LogP contribution in [-0.2, 0) is 6.42 Å². The molecule has 1 aliphatic heterocycles. The van der Waals surface area contributed by atoms with Crippen LogP contribution in [0.1, 0.15) is 63.4 Å². The fourth-order valence-corrected chi connectivity index (χ4v) is 3.91. The van der Waals surface area contributed by atoms with Crippen molar-refractivity contribution in [3.63, 3.8) is 0 Å². The van der Waals surface area contributed by atoms with Crippen molar-refractivity contribution in [2.24, 2.45) is 0 Å². The largest absolute Gasteiger partial charge is 0.312 e. The maximum absolute atomic E-state index is 3.57. The zero-order chi connectivity index (χ0) is 14.6. The SMILES string of the molecule is CC1c2ccsc2CCN1CCCCCNC(C)(C)C. The molecule has 0 aliphatic carbocycles. The molecule has 1 aliphatic rings. The lowest BCUT2D eigenvalue weighted by Crippen LogP contribution is -2.36. The van der Waals surface area contributed by atoms with Gasteiger partial charge in [0.2, 0.25) is 0 Å². The summed E-state index contributed by atoms with van der Waals surface area (Å²) in [5, 5.41) is 5.82. The molecule has 0 saturated heterocycles. The second-order valence-electron chi connectivity index (χ2n) is 7.00. The normalized spacial score (nSPS) is 20.1. The predicted molar refractivity (Wildman–Crippen MR) is 89.6 cm³/mol. The number of nitrogens with zero attached hydrogens (tertiary/aromatic N) is 1. The summed E-state index contributed by atoms with van der Waals surface area (Å²) in [5.74, 6) is 0. The molecule has 1 aromatic heterocycles. The average molecular weight is 295 g/mol. The molecule has 2 nitrogen and oxygen atoms in total. The Balaban J connectivity index is 1.63. The van der Waals surface area contributed by atoms with Crippen LogP contribution in [0.2, 0.25) is 0 Å². The van der Waals surface area contributed by atoms with Crippen LogP contribution < -0.4 is 5.32 Å². The number of hydrogen-bond donors (Lipinski definition) is 1. The van der Waals surface area contributed by atoms with Crippen molar-refractivity contribution in [2.45, 2.75) is 65.0 Å². The van der Waals surface area contributed by atoms with E-state index in [0.717, 1.165) is 6.54 Å². The van der Waals surface area contributed by atoms with Gasteiger partial charge in [-0.25, -0.2) is 0 Å². The first-order valence-electron chi connectivity index (χ1n) is 8.03. The maximum atomic E-state index is 3.57. The number of hydrogen-bond acceptors (Lipinski definition) is 3. The van der Waals surface area contributed by atoms with E-state index >= 15 is 0 Å². The van der Waals surface area contributed by atoms with Crippen LogP contribution in [0, 0.1) is 0 Å². The number of fused-ring (bicyclic) bond motifs is 1. The molecule has 2 rings (SSSR count). The highest BCUT2D eigenvalue weighted by Gasteiger charge is 2.23. The van der Waals surface area contributed by atoms with Crippen molar-refractivity contribution in [2.75, 3.05) is 19.6 Å². The highest BCUT2D eigenvalue weighted by Crippen LogP contribution is 2.32. The summed E-state index contributed by atoms with van der Waals surface area (Å²) in [5.41, 5.74) is 1.84. The lowest BCUT2D eigenvalue weighted by Gasteiger charge is -2.33. The molecular weight excluding hydrogens is 264 g/mol. The number of rotatable bonds is 6. The fourth-order valence-electron chi connectivity index (χ4n) is 2.95. The highest BCUT2D eigenvalue weighted by molar-refractivity contribution is 7.10. The fraction of sp³-hybridized carbons (Fsp3) is 0.765. The van der Waals surface area contributed by atoms with E-state index in [1.165, 1.54) is 38.8 Å². The van der Waals surface area contributed by atoms with E-state index in [0.29, 0.717) is 6.04 Å². The summed E-state index contributed by atoms with van der Waals surface area (Å²) in [6.07, 6.45) is 5.21. The lowest BCUT2D eigenvalue weighted by atomic mass is 10.0. The Morgan fingerprint density at radius 1 is 1.30 bits per heavy atom. The van der Waals surface area contributed by atoms with Gasteiger partial charge in [0.1, 0.15) is 0 Å². The van der Waals surface area contributed by atoms with Crippen LogP contribution in [-0.4, -0.2) is 30.1 Å². The number of thiophene rings is 1. The molecule has 0 saturated carbocycles. The van der Waals surface area contributed by atoms with Crippen molar-refractivity contribution in [1.82, 2.24) is 10.2 Å². The molecule has 2 heterocycles. The molecule has 20 heavy (non-hydrogen) atoms. The Morgan fingerprint density at radius 3 is 2.85 bits per heavy atom.